The van der Waals surface area contributed by atoms with Crippen LogP contribution in [0.15, 0.2) is 0 Å². The molecule has 2 rings (SSSR count). The van der Waals surface area contributed by atoms with Gasteiger partial charge in [-0.25, -0.2) is 9.59 Å². The minimum absolute atomic E-state index is 0.354. The molecule has 0 aromatic heterocycles. The van der Waals surface area contributed by atoms with Crippen LogP contribution in [0, 0.1) is 0 Å². The van der Waals surface area contributed by atoms with Crippen LogP contribution < -0.4 is 0 Å². The molecule has 2 aliphatic heterocycles. The molecule has 0 aliphatic carbocycles. The van der Waals surface area contributed by atoms with E-state index in [2.05, 4.69) is 0 Å². The zero-order chi connectivity index (χ0) is 9.26. The highest BCUT2D eigenvalue weighted by molar-refractivity contribution is 6.29. The predicted molar refractivity (Wildman–Crippen MR) is 41.1 cm³/mol. The molecular weight excluding hydrogens is 174 g/mol. The van der Waals surface area contributed by atoms with Gasteiger partial charge in [0.05, 0.1) is 0 Å². The molecule has 2 fully saturated rings. The Kier molecular flexibility index (Phi) is 2.18. The number of esters is 1. The molecule has 72 valence electrons. The Morgan fingerprint density at radius 1 is 1.15 bits per heavy atom. The average molecular weight is 185 g/mol. The average Bonchev–Trinajstić information content (AvgIpc) is 2.31. The lowest BCUT2D eigenvalue weighted by Gasteiger charge is -2.30. The van der Waals surface area contributed by atoms with Crippen LogP contribution in [0.25, 0.3) is 0 Å². The molecule has 13 heavy (non-hydrogen) atoms. The van der Waals surface area contributed by atoms with Gasteiger partial charge in [0.25, 0.3) is 0 Å². The largest absolute Gasteiger partial charge is 0.436 e. The van der Waals surface area contributed by atoms with Crippen LogP contribution in [0.1, 0.15) is 25.7 Å². The van der Waals surface area contributed by atoms with E-state index in [0.717, 1.165) is 25.7 Å². The van der Waals surface area contributed by atoms with Gasteiger partial charge in [0.1, 0.15) is 0 Å². The highest BCUT2D eigenvalue weighted by Crippen LogP contribution is 2.21. The molecule has 1 unspecified atom stereocenters. The minimum Gasteiger partial charge on any atom is -0.435 e. The Morgan fingerprint density at radius 2 is 2.00 bits per heavy atom. The van der Waals surface area contributed by atoms with E-state index in [4.69, 9.17) is 9.57 Å². The molecule has 2 heterocycles. The summed E-state index contributed by atoms with van der Waals surface area (Å²) in [6, 6.07) is 0. The zero-order valence-corrected chi connectivity index (χ0v) is 7.19. The molecule has 1 atom stereocenters. The number of hydrogen-bond acceptors (Lipinski definition) is 5. The maximum atomic E-state index is 10.8. The van der Waals surface area contributed by atoms with Gasteiger partial charge in [-0.1, -0.05) is 11.5 Å². The normalized spacial score (nSPS) is 30.0. The first-order valence-corrected chi connectivity index (χ1v) is 4.47. The molecule has 0 aromatic rings. The lowest BCUT2D eigenvalue weighted by molar-refractivity contribution is -0.265. The Labute approximate surface area is 75.5 Å². The minimum atomic E-state index is -0.904. The highest BCUT2D eigenvalue weighted by Gasteiger charge is 2.36. The van der Waals surface area contributed by atoms with Crippen LogP contribution in [-0.2, 0) is 19.2 Å². The maximum Gasteiger partial charge on any atom is 0.436 e. The van der Waals surface area contributed by atoms with E-state index in [1.807, 2.05) is 0 Å². The predicted octanol–water partition coefficient (Wildman–Crippen LogP) is 0.204. The monoisotopic (exact) mass is 185 g/mol. The van der Waals surface area contributed by atoms with E-state index < -0.39 is 11.9 Å². The third-order valence-corrected chi connectivity index (χ3v) is 2.26. The summed E-state index contributed by atoms with van der Waals surface area (Å²) in [4.78, 5) is 26.5. The third kappa shape index (κ3) is 1.65. The Hall–Kier alpha value is -1.10. The molecule has 0 amide bonds. The van der Waals surface area contributed by atoms with Crippen molar-refractivity contribution in [2.75, 3.05) is 6.54 Å². The van der Waals surface area contributed by atoms with Gasteiger partial charge < -0.3 is 9.57 Å². The van der Waals surface area contributed by atoms with E-state index >= 15 is 0 Å². The molecule has 0 N–H and O–H groups in total. The van der Waals surface area contributed by atoms with Crippen molar-refractivity contribution in [2.24, 2.45) is 0 Å². The molecule has 2 saturated heterocycles. The van der Waals surface area contributed by atoms with Gasteiger partial charge in [-0.2, -0.15) is 0 Å². The molecule has 0 aromatic carbocycles. The standard InChI is InChI=1S/C8H11NO4/c10-7-8(11)13-9-5-3-1-2-4-6(9)12-7/h6H,1-5H2. The van der Waals surface area contributed by atoms with Crippen molar-refractivity contribution in [3.8, 4) is 0 Å². The first-order valence-electron chi connectivity index (χ1n) is 4.47. The molecular formula is C8H11NO4. The van der Waals surface area contributed by atoms with Crippen LogP contribution in [0.4, 0.5) is 0 Å². The molecule has 0 spiro atoms. The van der Waals surface area contributed by atoms with Crippen molar-refractivity contribution in [1.82, 2.24) is 5.06 Å². The number of carbonyl (C=O) groups excluding carboxylic acids is 2. The van der Waals surface area contributed by atoms with E-state index in [0.29, 0.717) is 6.54 Å². The number of fused-ring (bicyclic) bond motifs is 1. The van der Waals surface area contributed by atoms with Gasteiger partial charge in [0.2, 0.25) is 0 Å². The fourth-order valence-corrected chi connectivity index (χ4v) is 1.59. The second-order valence-electron chi connectivity index (χ2n) is 3.23. The second-order valence-corrected chi connectivity index (χ2v) is 3.23. The van der Waals surface area contributed by atoms with E-state index in [1.54, 1.807) is 0 Å². The van der Waals surface area contributed by atoms with Gasteiger partial charge >= 0.3 is 11.9 Å². The highest BCUT2D eigenvalue weighted by atomic mass is 16.8. The van der Waals surface area contributed by atoms with Gasteiger partial charge in [0.15, 0.2) is 6.23 Å². The Morgan fingerprint density at radius 3 is 2.85 bits per heavy atom. The van der Waals surface area contributed by atoms with Gasteiger partial charge in [-0.05, 0) is 12.8 Å². The number of nitrogens with zero attached hydrogens (tertiary/aromatic N) is 1. The summed E-state index contributed by atoms with van der Waals surface area (Å²) in [5.41, 5.74) is 0. The summed E-state index contributed by atoms with van der Waals surface area (Å²) in [5, 5.41) is 1.47. The summed E-state index contributed by atoms with van der Waals surface area (Å²) in [7, 11) is 0. The lowest BCUT2D eigenvalue weighted by atomic mass is 10.2. The lowest BCUT2D eigenvalue weighted by Crippen LogP contribution is -2.47. The SMILES string of the molecule is O=C1OC2CCCCCN2OC1=O. The van der Waals surface area contributed by atoms with Crippen molar-refractivity contribution >= 4 is 11.9 Å². The number of ether oxygens (including phenoxy) is 1. The van der Waals surface area contributed by atoms with Crippen molar-refractivity contribution in [1.29, 1.82) is 0 Å². The first-order chi connectivity index (χ1) is 6.27. The second kappa shape index (κ2) is 3.33. The fourth-order valence-electron chi connectivity index (χ4n) is 1.59. The van der Waals surface area contributed by atoms with Gasteiger partial charge in [0, 0.05) is 13.0 Å². The van der Waals surface area contributed by atoms with Crippen LogP contribution in [0.2, 0.25) is 0 Å². The number of hydroxylamine groups is 2. The maximum absolute atomic E-state index is 10.8. The Balaban J connectivity index is 2.07. The summed E-state index contributed by atoms with van der Waals surface area (Å²) >= 11 is 0. The van der Waals surface area contributed by atoms with Crippen molar-refractivity contribution < 1.29 is 19.2 Å². The summed E-state index contributed by atoms with van der Waals surface area (Å²) in [6.07, 6.45) is 3.46. The topological polar surface area (TPSA) is 55.8 Å². The summed E-state index contributed by atoms with van der Waals surface area (Å²) < 4.78 is 4.89. The Bertz CT molecular complexity index is 216. The number of hydrogen-bond donors (Lipinski definition) is 0. The summed E-state index contributed by atoms with van der Waals surface area (Å²) in [5.74, 6) is -1.78. The van der Waals surface area contributed by atoms with Crippen LogP contribution >= 0.6 is 0 Å². The zero-order valence-electron chi connectivity index (χ0n) is 7.19. The molecule has 0 bridgehead atoms. The van der Waals surface area contributed by atoms with Crippen LogP contribution in [0.3, 0.4) is 0 Å². The van der Waals surface area contributed by atoms with Gasteiger partial charge in [-0.3, -0.25) is 0 Å². The molecule has 5 heteroatoms. The molecule has 2 aliphatic rings. The smallest absolute Gasteiger partial charge is 0.435 e. The van der Waals surface area contributed by atoms with E-state index in [1.165, 1.54) is 5.06 Å². The summed E-state index contributed by atoms with van der Waals surface area (Å²) in [6.45, 7) is 0.656. The third-order valence-electron chi connectivity index (χ3n) is 2.26. The van der Waals surface area contributed by atoms with E-state index in [9.17, 15) is 9.59 Å². The van der Waals surface area contributed by atoms with Crippen molar-refractivity contribution in [3.63, 3.8) is 0 Å². The quantitative estimate of drug-likeness (QED) is 0.398. The van der Waals surface area contributed by atoms with Crippen LogP contribution in [-0.4, -0.2) is 29.8 Å². The molecule has 0 radical (unpaired) electrons. The molecule has 5 nitrogen and oxygen atoms in total. The van der Waals surface area contributed by atoms with Crippen molar-refractivity contribution in [3.05, 3.63) is 0 Å². The molecule has 0 saturated carbocycles. The number of carbonyl (C=O) groups is 2. The fraction of sp³-hybridized carbons (Fsp3) is 0.750. The van der Waals surface area contributed by atoms with E-state index in [-0.39, 0.29) is 6.23 Å². The first kappa shape index (κ1) is 8.50. The number of rotatable bonds is 0. The van der Waals surface area contributed by atoms with Gasteiger partial charge in [-0.15, -0.1) is 0 Å². The van der Waals surface area contributed by atoms with Crippen molar-refractivity contribution in [2.45, 2.75) is 31.9 Å². The van der Waals surface area contributed by atoms with Crippen LogP contribution in [0.5, 0.6) is 0 Å².